The van der Waals surface area contributed by atoms with Gasteiger partial charge < -0.3 is 15.4 Å². The van der Waals surface area contributed by atoms with Gasteiger partial charge >= 0.3 is 0 Å². The Morgan fingerprint density at radius 1 is 1.50 bits per heavy atom. The minimum atomic E-state index is 0.154. The van der Waals surface area contributed by atoms with Crippen molar-refractivity contribution < 1.29 is 4.74 Å². The van der Waals surface area contributed by atoms with E-state index in [2.05, 4.69) is 30.8 Å². The van der Waals surface area contributed by atoms with Crippen LogP contribution in [0.15, 0.2) is 0 Å². The van der Waals surface area contributed by atoms with Gasteiger partial charge in [0.1, 0.15) is 0 Å². The van der Waals surface area contributed by atoms with Crippen molar-refractivity contribution in [2.75, 3.05) is 40.3 Å². The van der Waals surface area contributed by atoms with Crippen molar-refractivity contribution in [2.45, 2.75) is 50.3 Å². The lowest BCUT2D eigenvalue weighted by Gasteiger charge is -2.47. The maximum atomic E-state index is 6.10. The predicted octanol–water partition coefficient (Wildman–Crippen LogP) is 0.909. The molecule has 2 heterocycles. The Kier molecular flexibility index (Phi) is 4.64. The zero-order chi connectivity index (χ0) is 13.2. The molecule has 2 rings (SSSR count). The van der Waals surface area contributed by atoms with Crippen molar-refractivity contribution in [2.24, 2.45) is 5.73 Å². The van der Waals surface area contributed by atoms with Crippen molar-refractivity contribution in [3.63, 3.8) is 0 Å². The van der Waals surface area contributed by atoms with Gasteiger partial charge in [0, 0.05) is 31.3 Å². The molecule has 0 aromatic carbocycles. The van der Waals surface area contributed by atoms with Crippen molar-refractivity contribution in [3.05, 3.63) is 0 Å². The first-order chi connectivity index (χ1) is 8.57. The smallest absolute Gasteiger partial charge is 0.0565 e. The van der Waals surface area contributed by atoms with Crippen molar-refractivity contribution in [1.29, 1.82) is 0 Å². The van der Waals surface area contributed by atoms with E-state index in [0.29, 0.717) is 12.1 Å². The molecular weight excluding hydrogens is 226 g/mol. The minimum absolute atomic E-state index is 0.154. The van der Waals surface area contributed by atoms with Crippen LogP contribution in [-0.2, 0) is 4.74 Å². The second kappa shape index (κ2) is 5.87. The van der Waals surface area contributed by atoms with E-state index in [1.807, 2.05) is 0 Å². The van der Waals surface area contributed by atoms with Gasteiger partial charge in [-0.05, 0) is 53.2 Å². The SMILES string of the molecule is CC1CC(CN)(N(C)CC2CCCN2C)CCO1. The van der Waals surface area contributed by atoms with Crippen LogP contribution in [0, 0.1) is 0 Å². The van der Waals surface area contributed by atoms with Gasteiger partial charge in [0.15, 0.2) is 0 Å². The lowest BCUT2D eigenvalue weighted by Crippen LogP contribution is -2.58. The topological polar surface area (TPSA) is 41.7 Å². The maximum Gasteiger partial charge on any atom is 0.0565 e. The third-order valence-corrected chi connectivity index (χ3v) is 4.98. The fourth-order valence-corrected chi connectivity index (χ4v) is 3.55. The first kappa shape index (κ1) is 14.3. The molecule has 0 radical (unpaired) electrons. The van der Waals surface area contributed by atoms with Crippen molar-refractivity contribution in [3.8, 4) is 0 Å². The van der Waals surface area contributed by atoms with Crippen LogP contribution in [0.1, 0.15) is 32.6 Å². The highest BCUT2D eigenvalue weighted by molar-refractivity contribution is 4.96. The third kappa shape index (κ3) is 2.87. The summed E-state index contributed by atoms with van der Waals surface area (Å²) in [6.07, 6.45) is 5.14. The lowest BCUT2D eigenvalue weighted by molar-refractivity contribution is -0.0598. The van der Waals surface area contributed by atoms with E-state index in [1.54, 1.807) is 0 Å². The molecule has 0 bridgehead atoms. The zero-order valence-electron chi connectivity index (χ0n) is 12.2. The van der Waals surface area contributed by atoms with Crippen LogP contribution in [0.2, 0.25) is 0 Å². The minimum Gasteiger partial charge on any atom is -0.378 e. The van der Waals surface area contributed by atoms with E-state index < -0.39 is 0 Å². The van der Waals surface area contributed by atoms with Crippen LogP contribution in [0.25, 0.3) is 0 Å². The first-order valence-electron chi connectivity index (χ1n) is 7.30. The molecule has 106 valence electrons. The summed E-state index contributed by atoms with van der Waals surface area (Å²) in [6.45, 7) is 6.14. The standard InChI is InChI=1S/C14H29N3O/c1-12-9-14(11-15,6-8-18-12)17(3)10-13-5-4-7-16(13)2/h12-13H,4-11,15H2,1-3H3. The molecule has 0 aliphatic carbocycles. The Morgan fingerprint density at radius 2 is 2.28 bits per heavy atom. The Bertz CT molecular complexity index is 274. The molecule has 2 aliphatic heterocycles. The molecular formula is C14H29N3O. The van der Waals surface area contributed by atoms with E-state index in [4.69, 9.17) is 10.5 Å². The molecule has 0 amide bonds. The van der Waals surface area contributed by atoms with E-state index in [-0.39, 0.29) is 5.54 Å². The van der Waals surface area contributed by atoms with Gasteiger partial charge in [0.2, 0.25) is 0 Å². The molecule has 0 spiro atoms. The van der Waals surface area contributed by atoms with E-state index >= 15 is 0 Å². The van der Waals surface area contributed by atoms with Gasteiger partial charge in [-0.15, -0.1) is 0 Å². The number of hydrogen-bond acceptors (Lipinski definition) is 4. The van der Waals surface area contributed by atoms with Crippen molar-refractivity contribution in [1.82, 2.24) is 9.80 Å². The average molecular weight is 255 g/mol. The Labute approximate surface area is 111 Å². The van der Waals surface area contributed by atoms with Gasteiger partial charge in [-0.1, -0.05) is 0 Å². The van der Waals surface area contributed by atoms with Crippen LogP contribution < -0.4 is 5.73 Å². The Morgan fingerprint density at radius 3 is 2.83 bits per heavy atom. The second-order valence-corrected chi connectivity index (χ2v) is 6.22. The van der Waals surface area contributed by atoms with Gasteiger partial charge in [0.05, 0.1) is 6.10 Å². The number of hydrogen-bond donors (Lipinski definition) is 1. The van der Waals surface area contributed by atoms with Gasteiger partial charge in [0.25, 0.3) is 0 Å². The quantitative estimate of drug-likeness (QED) is 0.811. The molecule has 4 heteroatoms. The number of rotatable bonds is 4. The highest BCUT2D eigenvalue weighted by Gasteiger charge is 2.39. The van der Waals surface area contributed by atoms with Crippen LogP contribution in [-0.4, -0.2) is 67.8 Å². The van der Waals surface area contributed by atoms with E-state index in [1.165, 1.54) is 19.4 Å². The molecule has 2 fully saturated rings. The molecule has 18 heavy (non-hydrogen) atoms. The molecule has 0 aromatic heterocycles. The highest BCUT2D eigenvalue weighted by Crippen LogP contribution is 2.30. The van der Waals surface area contributed by atoms with E-state index in [9.17, 15) is 0 Å². The van der Waals surface area contributed by atoms with Gasteiger partial charge in [-0.3, -0.25) is 4.90 Å². The summed E-state index contributed by atoms with van der Waals surface area (Å²) in [6, 6.07) is 0.705. The van der Waals surface area contributed by atoms with Crippen molar-refractivity contribution >= 4 is 0 Å². The number of ether oxygens (including phenoxy) is 1. The lowest BCUT2D eigenvalue weighted by atomic mass is 9.85. The summed E-state index contributed by atoms with van der Waals surface area (Å²) < 4.78 is 5.68. The number of likely N-dealkylation sites (tertiary alicyclic amines) is 1. The molecule has 3 atom stereocenters. The summed E-state index contributed by atoms with van der Waals surface area (Å²) >= 11 is 0. The largest absolute Gasteiger partial charge is 0.378 e. The fourth-order valence-electron chi connectivity index (χ4n) is 3.55. The van der Waals surface area contributed by atoms with Crippen LogP contribution in [0.3, 0.4) is 0 Å². The number of nitrogens with zero attached hydrogens (tertiary/aromatic N) is 2. The predicted molar refractivity (Wildman–Crippen MR) is 74.7 cm³/mol. The first-order valence-corrected chi connectivity index (χ1v) is 7.30. The second-order valence-electron chi connectivity index (χ2n) is 6.22. The Hall–Kier alpha value is -0.160. The monoisotopic (exact) mass is 255 g/mol. The van der Waals surface area contributed by atoms with Crippen LogP contribution in [0.5, 0.6) is 0 Å². The summed E-state index contributed by atoms with van der Waals surface area (Å²) in [5.74, 6) is 0. The van der Waals surface area contributed by atoms with E-state index in [0.717, 1.165) is 32.5 Å². The summed E-state index contributed by atoms with van der Waals surface area (Å²) in [7, 11) is 4.49. The molecule has 0 saturated carbocycles. The maximum absolute atomic E-state index is 6.10. The molecule has 0 aromatic rings. The summed E-state index contributed by atoms with van der Waals surface area (Å²) in [5, 5.41) is 0. The van der Waals surface area contributed by atoms with Gasteiger partial charge in [-0.2, -0.15) is 0 Å². The highest BCUT2D eigenvalue weighted by atomic mass is 16.5. The third-order valence-electron chi connectivity index (χ3n) is 4.98. The fraction of sp³-hybridized carbons (Fsp3) is 1.00. The van der Waals surface area contributed by atoms with Crippen LogP contribution >= 0.6 is 0 Å². The number of nitrogens with two attached hydrogens (primary N) is 1. The molecule has 3 unspecified atom stereocenters. The number of likely N-dealkylation sites (N-methyl/N-ethyl adjacent to an activating group) is 2. The average Bonchev–Trinajstić information content (AvgIpc) is 2.75. The molecule has 2 N–H and O–H groups in total. The molecule has 2 aliphatic rings. The molecule has 4 nitrogen and oxygen atoms in total. The van der Waals surface area contributed by atoms with Crippen LogP contribution in [0.4, 0.5) is 0 Å². The van der Waals surface area contributed by atoms with Gasteiger partial charge in [-0.25, -0.2) is 0 Å². The zero-order valence-corrected chi connectivity index (χ0v) is 12.2. The molecule has 2 saturated heterocycles. The normalized spacial score (nSPS) is 38.5. The summed E-state index contributed by atoms with van der Waals surface area (Å²) in [5.41, 5.74) is 6.25. The summed E-state index contributed by atoms with van der Waals surface area (Å²) in [4.78, 5) is 5.00. The Balaban J connectivity index is 1.98.